The second kappa shape index (κ2) is 11.0. The van der Waals surface area contributed by atoms with Crippen LogP contribution in [0.5, 0.6) is 17.2 Å². The van der Waals surface area contributed by atoms with Crippen LogP contribution in [-0.2, 0) is 14.8 Å². The first kappa shape index (κ1) is 23.7. The van der Waals surface area contributed by atoms with E-state index in [1.807, 2.05) is 0 Å². The number of hydrazone groups is 1. The molecule has 166 valence electrons. The second-order valence-electron chi connectivity index (χ2n) is 6.27. The summed E-state index contributed by atoms with van der Waals surface area (Å²) >= 11 is 0. The van der Waals surface area contributed by atoms with Gasteiger partial charge in [0.25, 0.3) is 5.91 Å². The predicted octanol–water partition coefficient (Wildman–Crippen LogP) is 2.18. The highest BCUT2D eigenvalue weighted by Crippen LogP contribution is 2.32. The number of hydrogen-bond donors (Lipinski definition) is 1. The molecular weight excluding hydrogens is 422 g/mol. The van der Waals surface area contributed by atoms with Gasteiger partial charge in [0.05, 0.1) is 32.4 Å². The molecule has 0 fully saturated rings. The fourth-order valence-electron chi connectivity index (χ4n) is 2.56. The lowest BCUT2D eigenvalue weighted by Crippen LogP contribution is -2.39. The van der Waals surface area contributed by atoms with E-state index in [1.165, 1.54) is 32.6 Å². The maximum absolute atomic E-state index is 12.3. The summed E-state index contributed by atoms with van der Waals surface area (Å²) in [5.74, 6) is 0.793. The molecule has 2 rings (SSSR count). The van der Waals surface area contributed by atoms with Gasteiger partial charge in [-0.15, -0.1) is 0 Å². The molecule has 0 heterocycles. The number of ether oxygens (including phenoxy) is 3. The summed E-state index contributed by atoms with van der Waals surface area (Å²) in [4.78, 5) is 12.3. The van der Waals surface area contributed by atoms with Crippen LogP contribution in [0.1, 0.15) is 5.56 Å². The number of benzene rings is 2. The van der Waals surface area contributed by atoms with Gasteiger partial charge < -0.3 is 14.2 Å². The van der Waals surface area contributed by atoms with Crippen molar-refractivity contribution in [2.45, 2.75) is 0 Å². The summed E-state index contributed by atoms with van der Waals surface area (Å²) < 4.78 is 41.3. The molecule has 0 saturated carbocycles. The zero-order valence-corrected chi connectivity index (χ0v) is 18.4. The van der Waals surface area contributed by atoms with Crippen LogP contribution in [0.3, 0.4) is 0 Å². The quantitative estimate of drug-likeness (QED) is 0.322. The zero-order chi connectivity index (χ0) is 22.9. The molecule has 0 aliphatic heterocycles. The molecule has 0 atom stereocenters. The highest BCUT2D eigenvalue weighted by molar-refractivity contribution is 7.92. The number of methoxy groups -OCH3 is 2. The average Bonchev–Trinajstić information content (AvgIpc) is 2.75. The average molecular weight is 448 g/mol. The summed E-state index contributed by atoms with van der Waals surface area (Å²) in [6.07, 6.45) is 4.07. The van der Waals surface area contributed by atoms with Crippen LogP contribution in [-0.4, -0.2) is 54.2 Å². The van der Waals surface area contributed by atoms with Crippen molar-refractivity contribution < 1.29 is 27.4 Å². The van der Waals surface area contributed by atoms with Crippen LogP contribution in [0.25, 0.3) is 0 Å². The molecule has 0 unspecified atom stereocenters. The fraction of sp³-hybridized carbons (Fsp3) is 0.238. The smallest absolute Gasteiger partial charge is 0.260 e. The van der Waals surface area contributed by atoms with E-state index in [2.05, 4.69) is 17.1 Å². The van der Waals surface area contributed by atoms with Crippen LogP contribution >= 0.6 is 0 Å². The number of rotatable bonds is 11. The van der Waals surface area contributed by atoms with Crippen LogP contribution in [0.4, 0.5) is 5.69 Å². The SMILES string of the molecule is C=CCOc1cccc(/C=N\NC(=O)CN(c2ccc(OC)c(OC)c2)S(C)(=O)=O)c1. The number of amides is 1. The van der Waals surface area contributed by atoms with Crippen molar-refractivity contribution in [1.29, 1.82) is 0 Å². The largest absolute Gasteiger partial charge is 0.493 e. The number of carbonyl (C=O) groups is 1. The van der Waals surface area contributed by atoms with Gasteiger partial charge in [-0.2, -0.15) is 5.10 Å². The van der Waals surface area contributed by atoms with Crippen molar-refractivity contribution >= 4 is 27.8 Å². The third kappa shape index (κ3) is 7.03. The molecular formula is C21H25N3O6S. The first-order valence-corrected chi connectivity index (χ1v) is 11.0. The molecule has 0 spiro atoms. The van der Waals surface area contributed by atoms with Gasteiger partial charge in [-0.1, -0.05) is 24.8 Å². The van der Waals surface area contributed by atoms with Crippen molar-refractivity contribution in [2.75, 3.05) is 37.9 Å². The molecule has 0 aliphatic rings. The number of anilines is 1. The van der Waals surface area contributed by atoms with E-state index < -0.39 is 22.5 Å². The first-order chi connectivity index (χ1) is 14.8. The van der Waals surface area contributed by atoms with Crippen LogP contribution in [0.15, 0.2) is 60.2 Å². The summed E-state index contributed by atoms with van der Waals surface area (Å²) in [6.45, 7) is 3.49. The summed E-state index contributed by atoms with van der Waals surface area (Å²) in [5, 5.41) is 3.89. The second-order valence-corrected chi connectivity index (χ2v) is 8.18. The first-order valence-electron chi connectivity index (χ1n) is 9.14. The number of hydrogen-bond acceptors (Lipinski definition) is 7. The molecule has 2 aromatic carbocycles. The Balaban J connectivity index is 2.10. The summed E-state index contributed by atoms with van der Waals surface area (Å²) in [5.41, 5.74) is 3.28. The lowest BCUT2D eigenvalue weighted by molar-refractivity contribution is -0.119. The maximum atomic E-state index is 12.3. The lowest BCUT2D eigenvalue weighted by atomic mass is 10.2. The Kier molecular flexibility index (Phi) is 8.44. The lowest BCUT2D eigenvalue weighted by Gasteiger charge is -2.22. The van der Waals surface area contributed by atoms with Crippen molar-refractivity contribution in [1.82, 2.24) is 5.43 Å². The minimum absolute atomic E-state index is 0.256. The van der Waals surface area contributed by atoms with E-state index in [9.17, 15) is 13.2 Å². The number of nitrogens with one attached hydrogen (secondary N) is 1. The van der Waals surface area contributed by atoms with E-state index in [0.29, 0.717) is 29.4 Å². The van der Waals surface area contributed by atoms with Gasteiger partial charge in [-0.25, -0.2) is 13.8 Å². The van der Waals surface area contributed by atoms with Gasteiger partial charge in [-0.05, 0) is 29.8 Å². The molecule has 31 heavy (non-hydrogen) atoms. The van der Waals surface area contributed by atoms with Crippen LogP contribution in [0, 0.1) is 0 Å². The maximum Gasteiger partial charge on any atom is 0.260 e. The van der Waals surface area contributed by atoms with Crippen molar-refractivity contribution in [2.24, 2.45) is 5.10 Å². The normalized spacial score (nSPS) is 11.1. The minimum atomic E-state index is -3.75. The molecule has 9 nitrogen and oxygen atoms in total. The van der Waals surface area contributed by atoms with Gasteiger partial charge in [0.2, 0.25) is 10.0 Å². The molecule has 0 radical (unpaired) electrons. The molecule has 0 aromatic heterocycles. The van der Waals surface area contributed by atoms with E-state index in [4.69, 9.17) is 14.2 Å². The Labute approximate surface area is 182 Å². The highest BCUT2D eigenvalue weighted by atomic mass is 32.2. The molecule has 2 aromatic rings. The number of nitrogens with zero attached hydrogens (tertiary/aromatic N) is 2. The number of sulfonamides is 1. The Morgan fingerprint density at radius 3 is 2.55 bits per heavy atom. The van der Waals surface area contributed by atoms with Gasteiger partial charge in [0, 0.05) is 6.07 Å². The molecule has 1 N–H and O–H groups in total. The van der Waals surface area contributed by atoms with Gasteiger partial charge >= 0.3 is 0 Å². The van der Waals surface area contributed by atoms with Crippen LogP contribution in [0.2, 0.25) is 0 Å². The van der Waals surface area contributed by atoms with Gasteiger partial charge in [0.15, 0.2) is 11.5 Å². The Morgan fingerprint density at radius 2 is 1.90 bits per heavy atom. The van der Waals surface area contributed by atoms with Crippen molar-refractivity contribution in [3.8, 4) is 17.2 Å². The summed E-state index contributed by atoms with van der Waals surface area (Å²) in [6, 6.07) is 11.6. The predicted molar refractivity (Wildman–Crippen MR) is 120 cm³/mol. The van der Waals surface area contributed by atoms with Gasteiger partial charge in [0.1, 0.15) is 18.9 Å². The molecule has 0 aliphatic carbocycles. The van der Waals surface area contributed by atoms with E-state index >= 15 is 0 Å². The standard InChI is InChI=1S/C21H25N3O6S/c1-5-11-30-18-8-6-7-16(12-18)14-22-23-21(25)15-24(31(4,26)27)17-9-10-19(28-2)20(13-17)29-3/h5-10,12-14H,1,11,15H2,2-4H3,(H,23,25)/b22-14-. The fourth-order valence-corrected chi connectivity index (χ4v) is 3.41. The van der Waals surface area contributed by atoms with Crippen molar-refractivity contribution in [3.05, 3.63) is 60.7 Å². The molecule has 10 heteroatoms. The van der Waals surface area contributed by atoms with E-state index in [-0.39, 0.29) is 5.69 Å². The highest BCUT2D eigenvalue weighted by Gasteiger charge is 2.22. The van der Waals surface area contributed by atoms with E-state index in [0.717, 1.165) is 10.6 Å². The zero-order valence-electron chi connectivity index (χ0n) is 17.6. The summed E-state index contributed by atoms with van der Waals surface area (Å²) in [7, 11) is -0.843. The Bertz CT molecular complexity index is 1050. The number of carbonyl (C=O) groups excluding carboxylic acids is 1. The topological polar surface area (TPSA) is 107 Å². The monoisotopic (exact) mass is 447 g/mol. The minimum Gasteiger partial charge on any atom is -0.493 e. The molecule has 0 bridgehead atoms. The molecule has 0 saturated heterocycles. The Morgan fingerprint density at radius 1 is 1.16 bits per heavy atom. The van der Waals surface area contributed by atoms with Crippen molar-refractivity contribution in [3.63, 3.8) is 0 Å². The van der Waals surface area contributed by atoms with Crippen LogP contribution < -0.4 is 23.9 Å². The van der Waals surface area contributed by atoms with Gasteiger partial charge in [-0.3, -0.25) is 9.10 Å². The Hall–Kier alpha value is -3.53. The van der Waals surface area contributed by atoms with E-state index in [1.54, 1.807) is 36.4 Å². The molecule has 1 amide bonds. The third-order valence-electron chi connectivity index (χ3n) is 3.97. The third-order valence-corrected chi connectivity index (χ3v) is 5.11.